The number of rotatable bonds is 9. The minimum Gasteiger partial charge on any atom is -0.491 e. The first-order valence-corrected chi connectivity index (χ1v) is 7.53. The van der Waals surface area contributed by atoms with E-state index in [2.05, 4.69) is 33.0 Å². The predicted octanol–water partition coefficient (Wildman–Crippen LogP) is 3.50. The van der Waals surface area contributed by atoms with Crippen molar-refractivity contribution in [1.29, 1.82) is 0 Å². The number of nitrogens with one attached hydrogen (secondary N) is 1. The van der Waals surface area contributed by atoms with Gasteiger partial charge in [0.15, 0.2) is 0 Å². The highest BCUT2D eigenvalue weighted by atomic mass is 16.5. The normalized spacial score (nSPS) is 13.2. The number of para-hydroxylation sites is 1. The van der Waals surface area contributed by atoms with E-state index >= 15 is 0 Å². The molecule has 3 heteroatoms. The summed E-state index contributed by atoms with van der Waals surface area (Å²) in [6, 6.07) is 10.2. The summed E-state index contributed by atoms with van der Waals surface area (Å²) in [5, 5.41) is 3.55. The van der Waals surface area contributed by atoms with Crippen LogP contribution in [0.15, 0.2) is 30.3 Å². The Labute approximate surface area is 123 Å². The zero-order chi connectivity index (χ0) is 14.8. The molecule has 0 fully saturated rings. The molecule has 1 rings (SSSR count). The van der Waals surface area contributed by atoms with Crippen molar-refractivity contribution in [2.75, 3.05) is 26.4 Å². The van der Waals surface area contributed by atoms with Crippen LogP contribution in [0.2, 0.25) is 0 Å². The van der Waals surface area contributed by atoms with E-state index in [-0.39, 0.29) is 5.41 Å². The van der Waals surface area contributed by atoms with E-state index in [9.17, 15) is 0 Å². The third-order valence-corrected chi connectivity index (χ3v) is 3.21. The van der Waals surface area contributed by atoms with E-state index < -0.39 is 0 Å². The van der Waals surface area contributed by atoms with Crippen molar-refractivity contribution in [3.8, 4) is 5.75 Å². The molecule has 0 heterocycles. The minimum absolute atomic E-state index is 0.204. The van der Waals surface area contributed by atoms with Gasteiger partial charge < -0.3 is 14.8 Å². The van der Waals surface area contributed by atoms with Crippen LogP contribution in [0.25, 0.3) is 0 Å². The lowest BCUT2D eigenvalue weighted by Gasteiger charge is -2.31. The van der Waals surface area contributed by atoms with Crippen LogP contribution in [0.4, 0.5) is 0 Å². The third-order valence-electron chi connectivity index (χ3n) is 3.21. The van der Waals surface area contributed by atoms with Crippen molar-refractivity contribution in [3.63, 3.8) is 0 Å². The van der Waals surface area contributed by atoms with E-state index in [1.165, 1.54) is 0 Å². The topological polar surface area (TPSA) is 30.5 Å². The SMILES string of the molecule is CCCNC(COCCOc1ccccc1)C(C)(C)C. The van der Waals surface area contributed by atoms with Gasteiger partial charge in [-0.05, 0) is 30.5 Å². The molecule has 1 atom stereocenters. The maximum Gasteiger partial charge on any atom is 0.119 e. The summed E-state index contributed by atoms with van der Waals surface area (Å²) < 4.78 is 11.4. The third kappa shape index (κ3) is 6.92. The highest BCUT2D eigenvalue weighted by molar-refractivity contribution is 5.20. The van der Waals surface area contributed by atoms with Gasteiger partial charge in [-0.3, -0.25) is 0 Å². The maximum absolute atomic E-state index is 5.75. The Kier molecular flexibility index (Phi) is 7.63. The predicted molar refractivity (Wildman–Crippen MR) is 84.3 cm³/mol. The van der Waals surface area contributed by atoms with Crippen molar-refractivity contribution < 1.29 is 9.47 Å². The Bertz CT molecular complexity index is 346. The van der Waals surface area contributed by atoms with Crippen LogP contribution in [0.3, 0.4) is 0 Å². The highest BCUT2D eigenvalue weighted by Gasteiger charge is 2.23. The van der Waals surface area contributed by atoms with E-state index in [1.807, 2.05) is 30.3 Å². The molecule has 0 aromatic heterocycles. The molecule has 0 spiro atoms. The van der Waals surface area contributed by atoms with E-state index in [4.69, 9.17) is 9.47 Å². The molecular formula is C17H29NO2. The highest BCUT2D eigenvalue weighted by Crippen LogP contribution is 2.19. The number of hydrogen-bond acceptors (Lipinski definition) is 3. The van der Waals surface area contributed by atoms with Gasteiger partial charge in [0.05, 0.1) is 13.2 Å². The first kappa shape index (κ1) is 17.0. The van der Waals surface area contributed by atoms with Crippen LogP contribution in [-0.2, 0) is 4.74 Å². The molecule has 1 unspecified atom stereocenters. The van der Waals surface area contributed by atoms with E-state index in [0.717, 1.165) is 25.3 Å². The van der Waals surface area contributed by atoms with Crippen molar-refractivity contribution >= 4 is 0 Å². The van der Waals surface area contributed by atoms with Crippen molar-refractivity contribution in [2.45, 2.75) is 40.2 Å². The lowest BCUT2D eigenvalue weighted by molar-refractivity contribution is 0.0568. The van der Waals surface area contributed by atoms with Gasteiger partial charge in [0.1, 0.15) is 12.4 Å². The second-order valence-corrected chi connectivity index (χ2v) is 6.11. The summed E-state index contributed by atoms with van der Waals surface area (Å²) in [6.45, 7) is 11.9. The summed E-state index contributed by atoms with van der Waals surface area (Å²) in [5.74, 6) is 0.896. The summed E-state index contributed by atoms with van der Waals surface area (Å²) in [4.78, 5) is 0. The van der Waals surface area contributed by atoms with E-state index in [1.54, 1.807) is 0 Å². The first-order valence-electron chi connectivity index (χ1n) is 7.53. The van der Waals surface area contributed by atoms with Gasteiger partial charge >= 0.3 is 0 Å². The van der Waals surface area contributed by atoms with Crippen molar-refractivity contribution in [2.24, 2.45) is 5.41 Å². The van der Waals surface area contributed by atoms with Gasteiger partial charge in [-0.25, -0.2) is 0 Å². The molecule has 1 N–H and O–H groups in total. The Hall–Kier alpha value is -1.06. The Morgan fingerprint density at radius 2 is 1.80 bits per heavy atom. The largest absolute Gasteiger partial charge is 0.491 e. The quantitative estimate of drug-likeness (QED) is 0.702. The second-order valence-electron chi connectivity index (χ2n) is 6.11. The summed E-state index contributed by atoms with van der Waals surface area (Å²) in [6.07, 6.45) is 1.14. The van der Waals surface area contributed by atoms with Crippen molar-refractivity contribution in [3.05, 3.63) is 30.3 Å². The fraction of sp³-hybridized carbons (Fsp3) is 0.647. The molecule has 0 saturated carbocycles. The average molecular weight is 279 g/mol. The molecule has 0 radical (unpaired) electrons. The minimum atomic E-state index is 0.204. The van der Waals surface area contributed by atoms with Crippen LogP contribution >= 0.6 is 0 Å². The molecule has 0 aliphatic rings. The van der Waals surface area contributed by atoms with Crippen LogP contribution in [0.1, 0.15) is 34.1 Å². The van der Waals surface area contributed by atoms with Crippen LogP contribution in [0, 0.1) is 5.41 Å². The molecule has 1 aromatic rings. The molecule has 0 bridgehead atoms. The average Bonchev–Trinajstić information content (AvgIpc) is 2.41. The molecular weight excluding hydrogens is 250 g/mol. The lowest BCUT2D eigenvalue weighted by atomic mass is 9.87. The lowest BCUT2D eigenvalue weighted by Crippen LogP contribution is -2.44. The first-order chi connectivity index (χ1) is 9.54. The zero-order valence-electron chi connectivity index (χ0n) is 13.3. The fourth-order valence-electron chi connectivity index (χ4n) is 1.87. The molecule has 0 aliphatic carbocycles. The molecule has 114 valence electrons. The molecule has 0 aliphatic heterocycles. The standard InChI is InChI=1S/C17H29NO2/c1-5-11-18-16(17(2,3)4)14-19-12-13-20-15-9-7-6-8-10-15/h6-10,16,18H,5,11-14H2,1-4H3. The zero-order valence-corrected chi connectivity index (χ0v) is 13.3. The van der Waals surface area contributed by atoms with Gasteiger partial charge in [0.25, 0.3) is 0 Å². The number of benzene rings is 1. The van der Waals surface area contributed by atoms with E-state index in [0.29, 0.717) is 19.3 Å². The van der Waals surface area contributed by atoms with Gasteiger partial charge in [-0.15, -0.1) is 0 Å². The summed E-state index contributed by atoms with van der Waals surface area (Å²) in [7, 11) is 0. The Morgan fingerprint density at radius 1 is 1.10 bits per heavy atom. The molecule has 0 amide bonds. The summed E-state index contributed by atoms with van der Waals surface area (Å²) >= 11 is 0. The Balaban J connectivity index is 2.20. The smallest absolute Gasteiger partial charge is 0.119 e. The number of hydrogen-bond donors (Lipinski definition) is 1. The van der Waals surface area contributed by atoms with Crippen LogP contribution < -0.4 is 10.1 Å². The molecule has 20 heavy (non-hydrogen) atoms. The maximum atomic E-state index is 5.75. The monoisotopic (exact) mass is 279 g/mol. The van der Waals surface area contributed by atoms with Crippen molar-refractivity contribution in [1.82, 2.24) is 5.32 Å². The van der Waals surface area contributed by atoms with Gasteiger partial charge in [-0.2, -0.15) is 0 Å². The fourth-order valence-corrected chi connectivity index (χ4v) is 1.87. The molecule has 3 nitrogen and oxygen atoms in total. The van der Waals surface area contributed by atoms with Gasteiger partial charge in [-0.1, -0.05) is 45.9 Å². The van der Waals surface area contributed by atoms with Gasteiger partial charge in [0, 0.05) is 6.04 Å². The second kappa shape index (κ2) is 8.98. The van der Waals surface area contributed by atoms with Crippen LogP contribution in [0.5, 0.6) is 5.75 Å². The van der Waals surface area contributed by atoms with Gasteiger partial charge in [0.2, 0.25) is 0 Å². The van der Waals surface area contributed by atoms with Crippen LogP contribution in [-0.4, -0.2) is 32.4 Å². The molecule has 1 aromatic carbocycles. The summed E-state index contributed by atoms with van der Waals surface area (Å²) in [5.41, 5.74) is 0.204. The number of ether oxygens (including phenoxy) is 2. The molecule has 0 saturated heterocycles. The Morgan fingerprint density at radius 3 is 2.40 bits per heavy atom.